The smallest absolute Gasteiger partial charge is 0.261 e. The van der Waals surface area contributed by atoms with Crippen molar-refractivity contribution in [2.24, 2.45) is 0 Å². The van der Waals surface area contributed by atoms with E-state index in [1.54, 1.807) is 36.4 Å². The van der Waals surface area contributed by atoms with Gasteiger partial charge in [0, 0.05) is 9.30 Å². The minimum absolute atomic E-state index is 0.0592. The van der Waals surface area contributed by atoms with Crippen LogP contribution < -0.4 is 4.72 Å². The minimum Gasteiger partial charge on any atom is -0.279 e. The highest BCUT2D eigenvalue weighted by atomic mass is 79.9. The van der Waals surface area contributed by atoms with Gasteiger partial charge >= 0.3 is 0 Å². The largest absolute Gasteiger partial charge is 0.279 e. The standard InChI is InChI=1S/C14H13Br2NO2S/c1-10(15)13-7-2-3-8-14(13)17-20(18,19)12-6-4-5-11(16)9-12/h2-10,17H,1H3. The van der Waals surface area contributed by atoms with E-state index in [2.05, 4.69) is 36.6 Å². The van der Waals surface area contributed by atoms with Crippen LogP contribution in [0.3, 0.4) is 0 Å². The van der Waals surface area contributed by atoms with Crippen LogP contribution in [0.15, 0.2) is 57.9 Å². The number of nitrogens with one attached hydrogen (secondary N) is 1. The van der Waals surface area contributed by atoms with E-state index in [0.717, 1.165) is 10.0 Å². The maximum Gasteiger partial charge on any atom is 0.261 e. The quantitative estimate of drug-likeness (QED) is 0.731. The third-order valence-corrected chi connectivity index (χ3v) is 5.09. The number of hydrogen-bond donors (Lipinski definition) is 1. The van der Waals surface area contributed by atoms with E-state index in [0.29, 0.717) is 5.69 Å². The Balaban J connectivity index is 2.39. The molecule has 0 aliphatic rings. The van der Waals surface area contributed by atoms with Gasteiger partial charge in [0.15, 0.2) is 0 Å². The first-order valence-electron chi connectivity index (χ1n) is 5.91. The van der Waals surface area contributed by atoms with Gasteiger partial charge < -0.3 is 0 Å². The molecule has 1 N–H and O–H groups in total. The van der Waals surface area contributed by atoms with Gasteiger partial charge in [-0.25, -0.2) is 8.42 Å². The Bertz CT molecular complexity index is 715. The molecular weight excluding hydrogens is 406 g/mol. The Morgan fingerprint density at radius 2 is 1.80 bits per heavy atom. The Kier molecular flexibility index (Phi) is 4.88. The van der Waals surface area contributed by atoms with Crippen molar-refractivity contribution in [1.29, 1.82) is 0 Å². The first-order valence-corrected chi connectivity index (χ1v) is 9.11. The number of hydrogen-bond acceptors (Lipinski definition) is 2. The maximum atomic E-state index is 12.4. The molecular formula is C14H13Br2NO2S. The Morgan fingerprint density at radius 3 is 2.45 bits per heavy atom. The van der Waals surface area contributed by atoms with Crippen molar-refractivity contribution in [3.8, 4) is 0 Å². The first-order chi connectivity index (χ1) is 9.40. The van der Waals surface area contributed by atoms with E-state index < -0.39 is 10.0 Å². The number of sulfonamides is 1. The van der Waals surface area contributed by atoms with Crippen LogP contribution in [0.1, 0.15) is 17.3 Å². The zero-order chi connectivity index (χ0) is 14.8. The lowest BCUT2D eigenvalue weighted by atomic mass is 10.1. The van der Waals surface area contributed by atoms with Gasteiger partial charge in [-0.1, -0.05) is 56.1 Å². The average Bonchev–Trinajstić information content (AvgIpc) is 2.38. The van der Waals surface area contributed by atoms with Crippen LogP contribution in [0.5, 0.6) is 0 Å². The molecule has 1 atom stereocenters. The van der Waals surface area contributed by atoms with Crippen molar-refractivity contribution in [2.75, 3.05) is 4.72 Å². The summed E-state index contributed by atoms with van der Waals surface area (Å²) >= 11 is 6.74. The van der Waals surface area contributed by atoms with Crippen LogP contribution in [0.25, 0.3) is 0 Å². The number of anilines is 1. The summed E-state index contributed by atoms with van der Waals surface area (Å²) in [7, 11) is -3.59. The molecule has 0 saturated carbocycles. The Labute approximate surface area is 135 Å². The van der Waals surface area contributed by atoms with Crippen LogP contribution in [0.2, 0.25) is 0 Å². The number of para-hydroxylation sites is 1. The zero-order valence-corrected chi connectivity index (χ0v) is 14.7. The normalized spacial score (nSPS) is 12.9. The molecule has 2 aromatic carbocycles. The molecule has 0 aliphatic carbocycles. The highest BCUT2D eigenvalue weighted by Crippen LogP contribution is 2.30. The minimum atomic E-state index is -3.59. The summed E-state index contributed by atoms with van der Waals surface area (Å²) in [6.45, 7) is 1.95. The second-order valence-electron chi connectivity index (χ2n) is 4.27. The van der Waals surface area contributed by atoms with Gasteiger partial charge in [0.05, 0.1) is 10.6 Å². The second-order valence-corrected chi connectivity index (χ2v) is 8.24. The van der Waals surface area contributed by atoms with Gasteiger partial charge in [0.25, 0.3) is 10.0 Å². The monoisotopic (exact) mass is 417 g/mol. The molecule has 0 radical (unpaired) electrons. The fourth-order valence-corrected chi connectivity index (χ4v) is 3.86. The molecule has 0 spiro atoms. The summed E-state index contributed by atoms with van der Waals surface area (Å²) in [6.07, 6.45) is 0. The van der Waals surface area contributed by atoms with Crippen LogP contribution in [0, 0.1) is 0 Å². The van der Waals surface area contributed by atoms with E-state index in [-0.39, 0.29) is 9.72 Å². The highest BCUT2D eigenvalue weighted by molar-refractivity contribution is 9.10. The van der Waals surface area contributed by atoms with Gasteiger partial charge in [0.1, 0.15) is 0 Å². The van der Waals surface area contributed by atoms with Crippen molar-refractivity contribution >= 4 is 47.6 Å². The van der Waals surface area contributed by atoms with Gasteiger partial charge in [-0.3, -0.25) is 4.72 Å². The molecule has 0 aliphatic heterocycles. The molecule has 2 aromatic rings. The Hall–Kier alpha value is -0.850. The predicted octanol–water partition coefficient (Wildman–Crippen LogP) is 4.71. The van der Waals surface area contributed by atoms with E-state index in [1.807, 2.05) is 19.1 Å². The van der Waals surface area contributed by atoms with Crippen molar-refractivity contribution in [2.45, 2.75) is 16.6 Å². The zero-order valence-electron chi connectivity index (χ0n) is 10.7. The molecule has 1 unspecified atom stereocenters. The summed E-state index contributed by atoms with van der Waals surface area (Å²) in [4.78, 5) is 0.285. The summed E-state index contributed by atoms with van der Waals surface area (Å²) in [5, 5.41) is 0. The van der Waals surface area contributed by atoms with Crippen molar-refractivity contribution < 1.29 is 8.42 Å². The van der Waals surface area contributed by atoms with E-state index >= 15 is 0 Å². The number of halogens is 2. The van der Waals surface area contributed by atoms with Crippen LogP contribution in [0.4, 0.5) is 5.69 Å². The summed E-state index contributed by atoms with van der Waals surface area (Å²) in [5.74, 6) is 0. The average molecular weight is 419 g/mol. The highest BCUT2D eigenvalue weighted by Gasteiger charge is 2.17. The van der Waals surface area contributed by atoms with Crippen LogP contribution in [-0.2, 0) is 10.0 Å². The molecule has 0 bridgehead atoms. The Morgan fingerprint density at radius 1 is 1.10 bits per heavy atom. The molecule has 6 heteroatoms. The molecule has 3 nitrogen and oxygen atoms in total. The van der Waals surface area contributed by atoms with Crippen molar-refractivity contribution in [3.05, 3.63) is 58.6 Å². The molecule has 0 aromatic heterocycles. The number of rotatable bonds is 4. The summed E-state index contributed by atoms with van der Waals surface area (Å²) < 4.78 is 28.1. The molecule has 0 fully saturated rings. The molecule has 2 rings (SSSR count). The topological polar surface area (TPSA) is 46.2 Å². The third kappa shape index (κ3) is 3.62. The fraction of sp³-hybridized carbons (Fsp3) is 0.143. The van der Waals surface area contributed by atoms with Gasteiger partial charge in [-0.15, -0.1) is 0 Å². The van der Waals surface area contributed by atoms with Crippen LogP contribution in [-0.4, -0.2) is 8.42 Å². The van der Waals surface area contributed by atoms with E-state index in [4.69, 9.17) is 0 Å². The first kappa shape index (κ1) is 15.5. The number of alkyl halides is 1. The van der Waals surface area contributed by atoms with Crippen molar-refractivity contribution in [1.82, 2.24) is 0 Å². The molecule has 106 valence electrons. The molecule has 20 heavy (non-hydrogen) atoms. The lowest BCUT2D eigenvalue weighted by molar-refractivity contribution is 0.601. The molecule has 0 amide bonds. The molecule has 0 saturated heterocycles. The van der Waals surface area contributed by atoms with E-state index in [1.165, 1.54) is 0 Å². The number of benzene rings is 2. The SMILES string of the molecule is CC(Br)c1ccccc1NS(=O)(=O)c1cccc(Br)c1. The third-order valence-electron chi connectivity index (χ3n) is 2.74. The predicted molar refractivity (Wildman–Crippen MR) is 88.7 cm³/mol. The van der Waals surface area contributed by atoms with Crippen LogP contribution >= 0.6 is 31.9 Å². The van der Waals surface area contributed by atoms with Gasteiger partial charge in [-0.05, 0) is 36.8 Å². The summed E-state index contributed by atoms with van der Waals surface area (Å²) in [6, 6.07) is 13.9. The lowest BCUT2D eigenvalue weighted by Crippen LogP contribution is -2.14. The second kappa shape index (κ2) is 6.28. The van der Waals surface area contributed by atoms with Gasteiger partial charge in [-0.2, -0.15) is 0 Å². The van der Waals surface area contributed by atoms with Crippen molar-refractivity contribution in [3.63, 3.8) is 0 Å². The summed E-state index contributed by atoms with van der Waals surface area (Å²) in [5.41, 5.74) is 1.47. The van der Waals surface area contributed by atoms with Gasteiger partial charge in [0.2, 0.25) is 0 Å². The molecule has 0 heterocycles. The van der Waals surface area contributed by atoms with E-state index in [9.17, 15) is 8.42 Å². The fourth-order valence-electron chi connectivity index (χ4n) is 1.77. The lowest BCUT2D eigenvalue weighted by Gasteiger charge is -2.14. The maximum absolute atomic E-state index is 12.4.